The van der Waals surface area contributed by atoms with Gasteiger partial charge in [-0.25, -0.2) is 13.2 Å². The van der Waals surface area contributed by atoms with Gasteiger partial charge in [0.2, 0.25) is 0 Å². The van der Waals surface area contributed by atoms with Crippen LogP contribution in [0.5, 0.6) is 0 Å². The van der Waals surface area contributed by atoms with Crippen LogP contribution in [0, 0.1) is 0 Å². The van der Waals surface area contributed by atoms with E-state index in [1.165, 1.54) is 12.3 Å². The van der Waals surface area contributed by atoms with Crippen molar-refractivity contribution in [2.45, 2.75) is 38.1 Å². The molecule has 0 radical (unpaired) electrons. The number of carbonyl (C=O) groups is 1. The number of halogens is 1. The molecule has 0 unspecified atom stereocenters. The lowest BCUT2D eigenvalue weighted by Crippen LogP contribution is -2.12. The predicted molar refractivity (Wildman–Crippen MR) is 68.3 cm³/mol. The number of carbonyl (C=O) groups excluding carboxylic acids is 1. The molecule has 1 aromatic heterocycles. The molecule has 1 aromatic rings. The molecule has 0 aliphatic carbocycles. The van der Waals surface area contributed by atoms with Crippen LogP contribution in [0.15, 0.2) is 17.2 Å². The van der Waals surface area contributed by atoms with Gasteiger partial charge in [0.15, 0.2) is 0 Å². The Morgan fingerprint density at radius 3 is 2.56 bits per heavy atom. The zero-order chi connectivity index (χ0) is 13.8. The van der Waals surface area contributed by atoms with Crippen molar-refractivity contribution >= 4 is 25.7 Å². The first-order valence-corrected chi connectivity index (χ1v) is 8.03. The number of hydrogen-bond donors (Lipinski definition) is 0. The van der Waals surface area contributed by atoms with Gasteiger partial charge in [-0.1, -0.05) is 13.8 Å². The summed E-state index contributed by atoms with van der Waals surface area (Å²) < 4.78 is 29.0. The van der Waals surface area contributed by atoms with Crippen molar-refractivity contribution in [1.82, 2.24) is 4.57 Å². The van der Waals surface area contributed by atoms with Gasteiger partial charge in [0.25, 0.3) is 9.05 Å². The number of esters is 1. The topological polar surface area (TPSA) is 65.4 Å². The fraction of sp³-hybridized carbons (Fsp3) is 0.545. The molecule has 0 aliphatic rings. The van der Waals surface area contributed by atoms with Crippen LogP contribution in [0.3, 0.4) is 0 Å². The average molecular weight is 294 g/mol. The van der Waals surface area contributed by atoms with E-state index in [-0.39, 0.29) is 10.6 Å². The quantitative estimate of drug-likeness (QED) is 0.597. The third-order valence-electron chi connectivity index (χ3n) is 2.26. The zero-order valence-corrected chi connectivity index (χ0v) is 11.9. The van der Waals surface area contributed by atoms with Crippen LogP contribution in [0.1, 0.15) is 37.2 Å². The maximum atomic E-state index is 11.8. The second-order valence-corrected chi connectivity index (χ2v) is 6.39. The molecular formula is C11H16ClNO4S. The van der Waals surface area contributed by atoms with E-state index in [4.69, 9.17) is 15.4 Å². The molecule has 0 spiro atoms. The van der Waals surface area contributed by atoms with Gasteiger partial charge in [0, 0.05) is 23.4 Å². The van der Waals surface area contributed by atoms with Crippen LogP contribution < -0.4 is 0 Å². The summed E-state index contributed by atoms with van der Waals surface area (Å²) in [7, 11) is 1.43. The van der Waals surface area contributed by atoms with Gasteiger partial charge in [0.1, 0.15) is 10.6 Å². The molecule has 0 atom stereocenters. The van der Waals surface area contributed by atoms with E-state index in [9.17, 15) is 13.2 Å². The fourth-order valence-corrected chi connectivity index (χ4v) is 2.24. The van der Waals surface area contributed by atoms with Gasteiger partial charge in [-0.15, -0.1) is 0 Å². The van der Waals surface area contributed by atoms with Crippen molar-refractivity contribution in [2.75, 3.05) is 6.61 Å². The summed E-state index contributed by atoms with van der Waals surface area (Å²) >= 11 is 0. The van der Waals surface area contributed by atoms with Crippen LogP contribution in [-0.2, 0) is 20.3 Å². The maximum absolute atomic E-state index is 11.8. The Balaban J connectivity index is 3.08. The van der Waals surface area contributed by atoms with E-state index < -0.39 is 15.0 Å². The summed E-state index contributed by atoms with van der Waals surface area (Å²) in [6.45, 7) is 4.64. The van der Waals surface area contributed by atoms with Crippen molar-refractivity contribution in [3.8, 4) is 0 Å². The highest BCUT2D eigenvalue weighted by Crippen LogP contribution is 2.19. The molecule has 1 heterocycles. The van der Waals surface area contributed by atoms with E-state index in [0.29, 0.717) is 19.6 Å². The lowest BCUT2D eigenvalue weighted by atomic mass is 10.4. The number of aromatic nitrogens is 1. The van der Waals surface area contributed by atoms with Gasteiger partial charge < -0.3 is 9.30 Å². The lowest BCUT2D eigenvalue weighted by molar-refractivity contribution is 0.0492. The van der Waals surface area contributed by atoms with Crippen molar-refractivity contribution in [3.05, 3.63) is 18.0 Å². The summed E-state index contributed by atoms with van der Waals surface area (Å²) in [6, 6.07) is 1.25. The molecule has 0 saturated heterocycles. The highest BCUT2D eigenvalue weighted by molar-refractivity contribution is 8.13. The Kier molecular flexibility index (Phi) is 5.22. The summed E-state index contributed by atoms with van der Waals surface area (Å²) in [6.07, 6.45) is 2.83. The minimum Gasteiger partial charge on any atom is -0.461 e. The molecule has 102 valence electrons. The molecule has 0 amide bonds. The molecule has 0 bridgehead atoms. The van der Waals surface area contributed by atoms with E-state index in [1.54, 1.807) is 4.57 Å². The van der Waals surface area contributed by atoms with E-state index in [0.717, 1.165) is 6.42 Å². The Morgan fingerprint density at radius 2 is 2.06 bits per heavy atom. The molecule has 5 nitrogen and oxygen atoms in total. The minimum absolute atomic E-state index is 0.0823. The van der Waals surface area contributed by atoms with Crippen LogP contribution in [0.2, 0.25) is 0 Å². The Bertz CT molecular complexity index is 521. The van der Waals surface area contributed by atoms with Crippen LogP contribution in [0.25, 0.3) is 0 Å². The molecule has 0 aromatic carbocycles. The minimum atomic E-state index is -3.83. The predicted octanol–water partition coefficient (Wildman–Crippen LogP) is 2.39. The molecule has 18 heavy (non-hydrogen) atoms. The summed E-state index contributed by atoms with van der Waals surface area (Å²) in [5.74, 6) is -0.531. The average Bonchev–Trinajstić information content (AvgIpc) is 2.70. The second-order valence-electron chi connectivity index (χ2n) is 3.83. The van der Waals surface area contributed by atoms with Crippen molar-refractivity contribution in [2.24, 2.45) is 0 Å². The Hall–Kier alpha value is -1.01. The molecule has 1 rings (SSSR count). The van der Waals surface area contributed by atoms with Crippen LogP contribution in [-0.4, -0.2) is 25.6 Å². The summed E-state index contributed by atoms with van der Waals surface area (Å²) in [5, 5.41) is 0. The fourth-order valence-electron chi connectivity index (χ4n) is 1.48. The Morgan fingerprint density at radius 1 is 1.39 bits per heavy atom. The van der Waals surface area contributed by atoms with Crippen LogP contribution >= 0.6 is 10.7 Å². The lowest BCUT2D eigenvalue weighted by Gasteiger charge is -2.06. The van der Waals surface area contributed by atoms with Crippen molar-refractivity contribution in [1.29, 1.82) is 0 Å². The standard InChI is InChI=1S/C11H16ClNO4S/c1-3-5-13-8-9(18(12,15)16)7-10(13)11(14)17-6-4-2/h7-8H,3-6H2,1-2H3. The normalized spacial score (nSPS) is 11.5. The summed E-state index contributed by atoms with van der Waals surface area (Å²) in [4.78, 5) is 11.7. The highest BCUT2D eigenvalue weighted by atomic mass is 35.7. The number of rotatable bonds is 6. The van der Waals surface area contributed by atoms with Gasteiger partial charge in [-0.3, -0.25) is 0 Å². The van der Waals surface area contributed by atoms with Crippen molar-refractivity contribution in [3.63, 3.8) is 0 Å². The van der Waals surface area contributed by atoms with Gasteiger partial charge in [-0.2, -0.15) is 0 Å². The van der Waals surface area contributed by atoms with E-state index in [2.05, 4.69) is 0 Å². The smallest absolute Gasteiger partial charge is 0.354 e. The first-order valence-electron chi connectivity index (χ1n) is 5.72. The SMILES string of the molecule is CCCOC(=O)c1cc(S(=O)(=O)Cl)cn1CCC. The number of hydrogen-bond acceptors (Lipinski definition) is 4. The number of nitrogens with zero attached hydrogens (tertiary/aromatic N) is 1. The Labute approximate surface area is 111 Å². The number of aryl methyl sites for hydroxylation is 1. The maximum Gasteiger partial charge on any atom is 0.354 e. The third-order valence-corrected chi connectivity index (χ3v) is 3.58. The molecule has 0 aliphatic heterocycles. The molecule has 7 heteroatoms. The largest absolute Gasteiger partial charge is 0.461 e. The first-order chi connectivity index (χ1) is 8.40. The molecule has 0 fully saturated rings. The van der Waals surface area contributed by atoms with E-state index >= 15 is 0 Å². The molecular weight excluding hydrogens is 278 g/mol. The summed E-state index contributed by atoms with van der Waals surface area (Å²) in [5.41, 5.74) is 0.213. The first kappa shape index (κ1) is 15.0. The van der Waals surface area contributed by atoms with Crippen molar-refractivity contribution < 1.29 is 17.9 Å². The zero-order valence-electron chi connectivity index (χ0n) is 10.3. The second kappa shape index (κ2) is 6.24. The van der Waals surface area contributed by atoms with Gasteiger partial charge >= 0.3 is 5.97 Å². The molecule has 0 saturated carbocycles. The highest BCUT2D eigenvalue weighted by Gasteiger charge is 2.20. The van der Waals surface area contributed by atoms with E-state index in [1.807, 2.05) is 13.8 Å². The van der Waals surface area contributed by atoms with Gasteiger partial charge in [-0.05, 0) is 18.9 Å². The van der Waals surface area contributed by atoms with Gasteiger partial charge in [0.05, 0.1) is 6.61 Å². The monoisotopic (exact) mass is 293 g/mol. The number of ether oxygens (including phenoxy) is 1. The third kappa shape index (κ3) is 3.74. The van der Waals surface area contributed by atoms with Crippen LogP contribution in [0.4, 0.5) is 0 Å². The molecule has 0 N–H and O–H groups in total.